The minimum atomic E-state index is -4.80. The Labute approximate surface area is 175 Å². The van der Waals surface area contributed by atoms with Gasteiger partial charge in [0.1, 0.15) is 28.9 Å². The molecule has 0 saturated heterocycles. The Hall–Kier alpha value is -3.23. The second-order valence-electron chi connectivity index (χ2n) is 6.73. The number of hydrogen-bond donors (Lipinski definition) is 0. The summed E-state index contributed by atoms with van der Waals surface area (Å²) in [6, 6.07) is 1.31. The van der Waals surface area contributed by atoms with Crippen LogP contribution in [-0.4, -0.2) is 43.1 Å². The van der Waals surface area contributed by atoms with Gasteiger partial charge in [0.2, 0.25) is 0 Å². The monoisotopic (exact) mass is 478 g/mol. The van der Waals surface area contributed by atoms with Gasteiger partial charge in [-0.05, 0) is 6.07 Å². The molecule has 32 heavy (non-hydrogen) atoms. The standard InChI is InChI=1S/C17H12F6N6O2S/c1-3-32(30,31)15-12(27-11-5-10(17(21,22)23)25-7-29(11)15)14-26-9-4-8(16(18,19)20)6-24-13(9)28(14)2/h4-7H,3H2,1-2H3. The van der Waals surface area contributed by atoms with Crippen LogP contribution in [0.15, 0.2) is 29.7 Å². The molecule has 0 saturated carbocycles. The normalized spacial score (nSPS) is 13.4. The van der Waals surface area contributed by atoms with E-state index in [-0.39, 0.29) is 28.3 Å². The Morgan fingerprint density at radius 1 is 1.00 bits per heavy atom. The van der Waals surface area contributed by atoms with Crippen LogP contribution in [0.25, 0.3) is 28.3 Å². The van der Waals surface area contributed by atoms with Gasteiger partial charge in [-0.1, -0.05) is 6.92 Å². The van der Waals surface area contributed by atoms with E-state index in [0.717, 1.165) is 10.5 Å². The molecule has 4 aromatic heterocycles. The number of nitrogens with zero attached hydrogens (tertiary/aromatic N) is 6. The van der Waals surface area contributed by atoms with E-state index in [4.69, 9.17) is 0 Å². The Kier molecular flexibility index (Phi) is 4.73. The van der Waals surface area contributed by atoms with Gasteiger partial charge in [0, 0.05) is 19.3 Å². The predicted molar refractivity (Wildman–Crippen MR) is 98.2 cm³/mol. The summed E-state index contributed by atoms with van der Waals surface area (Å²) in [6.07, 6.45) is -8.20. The van der Waals surface area contributed by atoms with Crippen LogP contribution in [0.3, 0.4) is 0 Å². The molecule has 0 aliphatic rings. The third-order valence-electron chi connectivity index (χ3n) is 4.69. The summed E-state index contributed by atoms with van der Waals surface area (Å²) in [5, 5.41) is -0.481. The summed E-state index contributed by atoms with van der Waals surface area (Å²) in [6.45, 7) is 1.32. The van der Waals surface area contributed by atoms with Crippen LogP contribution in [0.1, 0.15) is 18.2 Å². The number of halogens is 6. The quantitative estimate of drug-likeness (QED) is 0.419. The fourth-order valence-corrected chi connectivity index (χ4v) is 4.25. The van der Waals surface area contributed by atoms with Gasteiger partial charge >= 0.3 is 12.4 Å². The first kappa shape index (κ1) is 22.0. The number of alkyl halides is 6. The summed E-state index contributed by atoms with van der Waals surface area (Å²) in [7, 11) is -2.70. The van der Waals surface area contributed by atoms with Crippen molar-refractivity contribution in [3.05, 3.63) is 35.9 Å². The zero-order chi connectivity index (χ0) is 23.6. The minimum absolute atomic E-state index is 0.000918. The SMILES string of the molecule is CCS(=O)(=O)c1c(-c2nc3cc(C(F)(F)F)cnc3n2C)nc2cc(C(F)(F)F)ncn12. The predicted octanol–water partition coefficient (Wildman–Crippen LogP) is 3.51. The number of rotatable bonds is 3. The van der Waals surface area contributed by atoms with Crippen LogP contribution in [-0.2, 0) is 29.2 Å². The van der Waals surface area contributed by atoms with E-state index in [1.807, 2.05) is 0 Å². The van der Waals surface area contributed by atoms with Crippen molar-refractivity contribution in [2.24, 2.45) is 7.05 Å². The highest BCUT2D eigenvalue weighted by molar-refractivity contribution is 7.91. The lowest BCUT2D eigenvalue weighted by molar-refractivity contribution is -0.141. The fourth-order valence-electron chi connectivity index (χ4n) is 3.10. The summed E-state index contributed by atoms with van der Waals surface area (Å²) >= 11 is 0. The van der Waals surface area contributed by atoms with Crippen molar-refractivity contribution in [3.63, 3.8) is 0 Å². The second-order valence-corrected chi connectivity index (χ2v) is 8.92. The first-order valence-electron chi connectivity index (χ1n) is 8.82. The first-order chi connectivity index (χ1) is 14.7. The molecule has 0 unspecified atom stereocenters. The summed E-state index contributed by atoms with van der Waals surface area (Å²) in [5.41, 5.74) is -3.25. The van der Waals surface area contributed by atoms with Crippen LogP contribution >= 0.6 is 0 Å². The summed E-state index contributed by atoms with van der Waals surface area (Å²) < 4.78 is 106. The number of hydrogen-bond acceptors (Lipinski definition) is 6. The average molecular weight is 478 g/mol. The lowest BCUT2D eigenvalue weighted by Crippen LogP contribution is -2.12. The number of sulfone groups is 1. The van der Waals surface area contributed by atoms with Gasteiger partial charge in [0.25, 0.3) is 0 Å². The fraction of sp³-hybridized carbons (Fsp3) is 0.294. The smallest absolute Gasteiger partial charge is 0.310 e. The van der Waals surface area contributed by atoms with Crippen LogP contribution in [0.4, 0.5) is 26.3 Å². The molecule has 0 spiro atoms. The molecule has 0 amide bonds. The van der Waals surface area contributed by atoms with E-state index < -0.39 is 44.2 Å². The maximum Gasteiger partial charge on any atom is 0.433 e. The molecule has 4 heterocycles. The van der Waals surface area contributed by atoms with Crippen LogP contribution in [0.5, 0.6) is 0 Å². The van der Waals surface area contributed by atoms with Crippen molar-refractivity contribution >= 4 is 26.6 Å². The summed E-state index contributed by atoms with van der Waals surface area (Å²) in [4.78, 5) is 15.1. The third kappa shape index (κ3) is 3.45. The van der Waals surface area contributed by atoms with Gasteiger partial charge in [-0.25, -0.2) is 28.4 Å². The number of fused-ring (bicyclic) bond motifs is 2. The van der Waals surface area contributed by atoms with Crippen molar-refractivity contribution in [2.75, 3.05) is 5.75 Å². The molecule has 8 nitrogen and oxygen atoms in total. The molecule has 0 aliphatic heterocycles. The zero-order valence-electron chi connectivity index (χ0n) is 16.2. The molecule has 4 rings (SSSR count). The molecule has 0 bridgehead atoms. The number of aromatic nitrogens is 6. The van der Waals surface area contributed by atoms with Crippen molar-refractivity contribution in [1.82, 2.24) is 28.9 Å². The maximum atomic E-state index is 13.0. The van der Waals surface area contributed by atoms with Crippen molar-refractivity contribution < 1.29 is 34.8 Å². The lowest BCUT2D eigenvalue weighted by atomic mass is 10.2. The van der Waals surface area contributed by atoms with Gasteiger partial charge in [-0.3, -0.25) is 4.40 Å². The van der Waals surface area contributed by atoms with Gasteiger partial charge in [0.05, 0.1) is 11.3 Å². The first-order valence-corrected chi connectivity index (χ1v) is 10.5. The number of pyridine rings is 1. The molecular formula is C17H12F6N6O2S. The third-order valence-corrected chi connectivity index (χ3v) is 6.43. The van der Waals surface area contributed by atoms with Gasteiger partial charge < -0.3 is 4.57 Å². The number of imidazole rings is 2. The largest absolute Gasteiger partial charge is 0.433 e. The lowest BCUT2D eigenvalue weighted by Gasteiger charge is -2.07. The average Bonchev–Trinajstić information content (AvgIpc) is 3.24. The van der Waals surface area contributed by atoms with E-state index in [0.29, 0.717) is 18.6 Å². The van der Waals surface area contributed by atoms with E-state index in [1.54, 1.807) is 0 Å². The molecule has 4 aromatic rings. The molecule has 0 aliphatic carbocycles. The molecule has 0 fully saturated rings. The minimum Gasteiger partial charge on any atom is -0.310 e. The highest BCUT2D eigenvalue weighted by Crippen LogP contribution is 2.34. The van der Waals surface area contributed by atoms with Crippen molar-refractivity contribution in [1.29, 1.82) is 0 Å². The molecule has 0 N–H and O–H groups in total. The Bertz CT molecular complexity index is 1470. The second kappa shape index (κ2) is 6.88. The van der Waals surface area contributed by atoms with E-state index >= 15 is 0 Å². The number of aryl methyl sites for hydroxylation is 1. The molecule has 0 atom stereocenters. The van der Waals surface area contributed by atoms with Crippen LogP contribution < -0.4 is 0 Å². The highest BCUT2D eigenvalue weighted by Gasteiger charge is 2.35. The molecular weight excluding hydrogens is 466 g/mol. The topological polar surface area (TPSA) is 95.0 Å². The van der Waals surface area contributed by atoms with Gasteiger partial charge in [-0.15, -0.1) is 0 Å². The summed E-state index contributed by atoms with van der Waals surface area (Å²) in [5.74, 6) is -0.606. The maximum absolute atomic E-state index is 13.0. The van der Waals surface area contributed by atoms with Gasteiger partial charge in [-0.2, -0.15) is 26.3 Å². The van der Waals surface area contributed by atoms with Crippen molar-refractivity contribution in [3.8, 4) is 11.5 Å². The van der Waals surface area contributed by atoms with Crippen LogP contribution in [0, 0.1) is 0 Å². The molecule has 0 aromatic carbocycles. The molecule has 170 valence electrons. The van der Waals surface area contributed by atoms with E-state index in [9.17, 15) is 34.8 Å². The van der Waals surface area contributed by atoms with Crippen LogP contribution in [0.2, 0.25) is 0 Å². The molecule has 0 radical (unpaired) electrons. The van der Waals surface area contributed by atoms with E-state index in [1.165, 1.54) is 18.5 Å². The zero-order valence-corrected chi connectivity index (χ0v) is 17.0. The highest BCUT2D eigenvalue weighted by atomic mass is 32.2. The molecule has 15 heteroatoms. The Balaban J connectivity index is 2.04. The van der Waals surface area contributed by atoms with Gasteiger partial charge in [0.15, 0.2) is 26.3 Å². The Morgan fingerprint density at radius 3 is 2.28 bits per heavy atom. The Morgan fingerprint density at radius 2 is 1.69 bits per heavy atom. The van der Waals surface area contributed by atoms with Crippen molar-refractivity contribution in [2.45, 2.75) is 24.3 Å². The van der Waals surface area contributed by atoms with E-state index in [2.05, 4.69) is 19.9 Å².